The Morgan fingerprint density at radius 3 is 2.62 bits per heavy atom. The third kappa shape index (κ3) is 6.93. The van der Waals surface area contributed by atoms with E-state index in [2.05, 4.69) is 22.5 Å². The number of amides is 1. The van der Waals surface area contributed by atoms with Gasteiger partial charge in [-0.05, 0) is 49.8 Å². The Bertz CT molecular complexity index is 993. The van der Waals surface area contributed by atoms with E-state index in [0.717, 1.165) is 37.8 Å². The van der Waals surface area contributed by atoms with Gasteiger partial charge in [0, 0.05) is 31.0 Å². The zero-order chi connectivity index (χ0) is 24.7. The second-order valence-corrected chi connectivity index (χ2v) is 8.40. The van der Waals surface area contributed by atoms with Crippen molar-refractivity contribution >= 4 is 11.6 Å². The van der Waals surface area contributed by atoms with Crippen molar-refractivity contribution in [2.24, 2.45) is 5.92 Å². The van der Waals surface area contributed by atoms with Crippen LogP contribution in [0.4, 0.5) is 13.2 Å². The average Bonchev–Trinajstić information content (AvgIpc) is 2.80. The van der Waals surface area contributed by atoms with Crippen molar-refractivity contribution in [1.82, 2.24) is 15.6 Å². The quantitative estimate of drug-likeness (QED) is 0.483. The lowest BCUT2D eigenvalue weighted by molar-refractivity contribution is -0.141. The Balaban J connectivity index is 1.79. The Labute approximate surface area is 196 Å². The lowest BCUT2D eigenvalue weighted by Crippen LogP contribution is -2.31. The van der Waals surface area contributed by atoms with E-state index < -0.39 is 17.8 Å². The van der Waals surface area contributed by atoms with Gasteiger partial charge in [0.25, 0.3) is 5.91 Å². The number of hydrogen-bond donors (Lipinski definition) is 3. The molecule has 184 valence electrons. The molecule has 0 bridgehead atoms. The van der Waals surface area contributed by atoms with Crippen LogP contribution < -0.4 is 10.6 Å². The monoisotopic (exact) mass is 478 g/mol. The summed E-state index contributed by atoms with van der Waals surface area (Å²) in [6.45, 7) is 2.69. The molecule has 34 heavy (non-hydrogen) atoms. The minimum absolute atomic E-state index is 0.169. The molecule has 2 aliphatic carbocycles. The van der Waals surface area contributed by atoms with Crippen molar-refractivity contribution in [3.63, 3.8) is 0 Å². The highest BCUT2D eigenvalue weighted by molar-refractivity contribution is 6.10. The number of methoxy groups -OCH3 is 1. The van der Waals surface area contributed by atoms with Gasteiger partial charge in [-0.2, -0.15) is 13.2 Å². The van der Waals surface area contributed by atoms with Gasteiger partial charge in [0.1, 0.15) is 23.8 Å². The van der Waals surface area contributed by atoms with Crippen LogP contribution in [0.3, 0.4) is 0 Å². The summed E-state index contributed by atoms with van der Waals surface area (Å²) in [7, 11) is 1.51. The number of allylic oxidation sites excluding steroid dienone is 3. The number of nitrogens with zero attached hydrogens (tertiary/aromatic N) is 1. The van der Waals surface area contributed by atoms with E-state index >= 15 is 0 Å². The molecule has 0 unspecified atom stereocenters. The summed E-state index contributed by atoms with van der Waals surface area (Å²) in [5.74, 6) is 0.103. The van der Waals surface area contributed by atoms with E-state index in [1.807, 2.05) is 0 Å². The lowest BCUT2D eigenvalue weighted by atomic mass is 9.87. The first kappa shape index (κ1) is 25.5. The smallest absolute Gasteiger partial charge is 0.433 e. The van der Waals surface area contributed by atoms with Crippen LogP contribution in [0.15, 0.2) is 53.6 Å². The Hall–Kier alpha value is -3.14. The Morgan fingerprint density at radius 2 is 1.94 bits per heavy atom. The van der Waals surface area contributed by atoms with Gasteiger partial charge >= 0.3 is 6.18 Å². The first-order chi connectivity index (χ1) is 16.2. The molecule has 3 rings (SSSR count). The third-order valence-corrected chi connectivity index (χ3v) is 5.71. The maximum Gasteiger partial charge on any atom is 0.433 e. The first-order valence-corrected chi connectivity index (χ1v) is 11.1. The topological polar surface area (TPSA) is 96.3 Å². The van der Waals surface area contributed by atoms with Crippen molar-refractivity contribution in [3.05, 3.63) is 65.0 Å². The summed E-state index contributed by atoms with van der Waals surface area (Å²) in [5.41, 5.74) is -0.614. The summed E-state index contributed by atoms with van der Waals surface area (Å²) >= 11 is 0. The van der Waals surface area contributed by atoms with Gasteiger partial charge in [0.15, 0.2) is 0 Å². The Kier molecular flexibility index (Phi) is 8.49. The molecule has 1 amide bonds. The summed E-state index contributed by atoms with van der Waals surface area (Å²) in [5, 5.41) is 14.3. The highest BCUT2D eigenvalue weighted by Gasteiger charge is 2.33. The van der Waals surface area contributed by atoms with E-state index in [-0.39, 0.29) is 36.1 Å². The molecule has 2 aliphatic rings. The lowest BCUT2D eigenvalue weighted by Gasteiger charge is -2.27. The van der Waals surface area contributed by atoms with E-state index in [4.69, 9.17) is 14.9 Å². The maximum absolute atomic E-state index is 13.0. The summed E-state index contributed by atoms with van der Waals surface area (Å²) < 4.78 is 49.6. The standard InChI is InChI=1S/C24H29F3N4O3/c1-15-6-8-17(9-7-15)29-14-16-12-20(21(13-18(16)28)34-11-10-33-2)31-23(32)19-4-3-5-22(30-19)24(25,26)27/h3-5,12-15,17,28-29H,6-11H2,1-2H3,(H,31,32)/b16-14-,28-18?. The average molecular weight is 479 g/mol. The molecule has 1 saturated carbocycles. The van der Waals surface area contributed by atoms with Crippen LogP contribution in [-0.2, 0) is 15.7 Å². The van der Waals surface area contributed by atoms with Gasteiger partial charge in [-0.25, -0.2) is 4.98 Å². The molecule has 0 atom stereocenters. The molecule has 1 aromatic heterocycles. The number of alkyl halides is 3. The number of halogens is 3. The summed E-state index contributed by atoms with van der Waals surface area (Å²) in [4.78, 5) is 16.1. The van der Waals surface area contributed by atoms with Crippen LogP contribution >= 0.6 is 0 Å². The predicted molar refractivity (Wildman–Crippen MR) is 121 cm³/mol. The molecule has 0 saturated heterocycles. The van der Waals surface area contributed by atoms with Gasteiger partial charge in [-0.1, -0.05) is 13.0 Å². The molecule has 0 aromatic carbocycles. The van der Waals surface area contributed by atoms with Crippen LogP contribution in [0, 0.1) is 11.3 Å². The molecule has 1 heterocycles. The molecule has 3 N–H and O–H groups in total. The molecule has 7 nitrogen and oxygen atoms in total. The normalized spacial score (nSPS) is 22.1. The molecule has 1 fully saturated rings. The van der Waals surface area contributed by atoms with Gasteiger partial charge in [0.2, 0.25) is 0 Å². The molecular weight excluding hydrogens is 449 g/mol. The highest BCUT2D eigenvalue weighted by Crippen LogP contribution is 2.28. The maximum atomic E-state index is 13.0. The number of carbonyl (C=O) groups excluding carboxylic acids is 1. The number of ether oxygens (including phenoxy) is 2. The number of pyridine rings is 1. The van der Waals surface area contributed by atoms with Crippen LogP contribution in [0.25, 0.3) is 0 Å². The van der Waals surface area contributed by atoms with E-state index in [1.54, 1.807) is 12.3 Å². The zero-order valence-corrected chi connectivity index (χ0v) is 19.2. The fourth-order valence-electron chi connectivity index (χ4n) is 3.71. The second-order valence-electron chi connectivity index (χ2n) is 8.40. The van der Waals surface area contributed by atoms with Gasteiger partial charge in [-0.3, -0.25) is 4.79 Å². The fourth-order valence-corrected chi connectivity index (χ4v) is 3.71. The van der Waals surface area contributed by atoms with Crippen LogP contribution in [0.5, 0.6) is 0 Å². The SMILES string of the molecule is COCCOC1=CC(=N)/C(=C\NC2CCC(C)CC2)C=C1NC(=O)c1cccc(C(F)(F)F)n1. The van der Waals surface area contributed by atoms with Crippen molar-refractivity contribution in [2.45, 2.75) is 44.8 Å². The summed E-state index contributed by atoms with van der Waals surface area (Å²) in [6, 6.07) is 3.44. The van der Waals surface area contributed by atoms with Crippen LogP contribution in [0.1, 0.15) is 48.8 Å². The number of hydrogen-bond acceptors (Lipinski definition) is 6. The minimum atomic E-state index is -4.66. The van der Waals surface area contributed by atoms with E-state index in [9.17, 15) is 18.0 Å². The number of carbonyl (C=O) groups is 1. The van der Waals surface area contributed by atoms with Gasteiger partial charge < -0.3 is 25.5 Å². The minimum Gasteiger partial charge on any atom is -0.489 e. The summed E-state index contributed by atoms with van der Waals surface area (Å²) in [6.07, 6.45) is 4.44. The third-order valence-electron chi connectivity index (χ3n) is 5.71. The second kappa shape index (κ2) is 11.3. The molecule has 0 radical (unpaired) electrons. The zero-order valence-electron chi connectivity index (χ0n) is 19.2. The first-order valence-electron chi connectivity index (χ1n) is 11.1. The fraction of sp³-hybridized carbons (Fsp3) is 0.458. The number of nitrogens with one attached hydrogen (secondary N) is 3. The van der Waals surface area contributed by atoms with Crippen LogP contribution in [-0.4, -0.2) is 43.0 Å². The van der Waals surface area contributed by atoms with Crippen molar-refractivity contribution in [1.29, 1.82) is 5.41 Å². The van der Waals surface area contributed by atoms with E-state index in [0.29, 0.717) is 17.5 Å². The van der Waals surface area contributed by atoms with Crippen LogP contribution in [0.2, 0.25) is 0 Å². The molecule has 1 aromatic rings. The number of rotatable bonds is 8. The van der Waals surface area contributed by atoms with E-state index in [1.165, 1.54) is 19.3 Å². The molecular formula is C24H29F3N4O3. The largest absolute Gasteiger partial charge is 0.489 e. The van der Waals surface area contributed by atoms with Gasteiger partial charge in [-0.15, -0.1) is 0 Å². The van der Waals surface area contributed by atoms with Crippen molar-refractivity contribution < 1.29 is 27.4 Å². The van der Waals surface area contributed by atoms with Crippen molar-refractivity contribution in [2.75, 3.05) is 20.3 Å². The van der Waals surface area contributed by atoms with Gasteiger partial charge in [0.05, 0.1) is 18.0 Å². The number of aromatic nitrogens is 1. The molecule has 0 spiro atoms. The predicted octanol–water partition coefficient (Wildman–Crippen LogP) is 4.35. The molecule has 0 aliphatic heterocycles. The Morgan fingerprint density at radius 1 is 1.21 bits per heavy atom. The molecule has 10 heteroatoms. The highest BCUT2D eigenvalue weighted by atomic mass is 19.4. The van der Waals surface area contributed by atoms with Crippen molar-refractivity contribution in [3.8, 4) is 0 Å².